The molecule has 6 atom stereocenters. The van der Waals surface area contributed by atoms with Crippen molar-refractivity contribution in [1.29, 1.82) is 0 Å². The Morgan fingerprint density at radius 3 is 1.33 bits per heavy atom. The normalized spacial score (nSPS) is 16.4. The van der Waals surface area contributed by atoms with Crippen LogP contribution in [0.15, 0.2) is 71.6 Å². The monoisotopic (exact) mass is 826 g/mol. The molecule has 0 radical (unpaired) electrons. The van der Waals surface area contributed by atoms with E-state index >= 15 is 0 Å². The van der Waals surface area contributed by atoms with Gasteiger partial charge in [0.2, 0.25) is 0 Å². The van der Waals surface area contributed by atoms with Crippen LogP contribution in [0.4, 0.5) is 0 Å². The summed E-state index contributed by atoms with van der Waals surface area (Å²) >= 11 is 0. The molecule has 316 valence electrons. The second-order valence-corrected chi connectivity index (χ2v) is 22.7. The Labute approximate surface area is 350 Å². The van der Waals surface area contributed by atoms with Crippen molar-refractivity contribution in [3.8, 4) is 11.1 Å². The van der Waals surface area contributed by atoms with E-state index in [1.807, 2.05) is 6.07 Å². The Morgan fingerprint density at radius 1 is 0.466 bits per heavy atom. The molecule has 0 aliphatic heterocycles. The molecule has 0 aliphatic rings. The van der Waals surface area contributed by atoms with Gasteiger partial charge in [0, 0.05) is 0 Å². The zero-order chi connectivity index (χ0) is 43.1. The summed E-state index contributed by atoms with van der Waals surface area (Å²) in [5.41, 5.74) is 7.58. The Bertz CT molecular complexity index is 2410. The standard InChI is InChI=1S/C51H71O5PS/c1-14-31(7)37-22-39-26-44(35(11)18-5)48(29-46(39)42(24-37)33(9)16-3)49-28-41(58(13,55)56)20-21-50(49)57(52,53,54)51-30-47-40(27-45(51)36(12)19-6)23-38(32(8)15-2)25-43(47)34(10)17-4/h20-36,52-54H,14-19H2,1-13H3. The summed E-state index contributed by atoms with van der Waals surface area (Å²) in [6.07, 6.45) is 6.55. The Morgan fingerprint density at radius 2 is 0.879 bits per heavy atom. The molecule has 5 rings (SSSR count). The summed E-state index contributed by atoms with van der Waals surface area (Å²) < 4.78 is 26.6. The van der Waals surface area contributed by atoms with E-state index in [0.29, 0.717) is 34.9 Å². The van der Waals surface area contributed by atoms with Crippen LogP contribution in [-0.2, 0) is 9.84 Å². The fraction of sp³-hybridized carbons (Fsp3) is 0.490. The van der Waals surface area contributed by atoms with Gasteiger partial charge in [0.15, 0.2) is 0 Å². The van der Waals surface area contributed by atoms with Crippen molar-refractivity contribution in [1.82, 2.24) is 0 Å². The van der Waals surface area contributed by atoms with E-state index in [9.17, 15) is 23.1 Å². The van der Waals surface area contributed by atoms with Crippen LogP contribution in [0.5, 0.6) is 0 Å². The number of rotatable bonds is 16. The van der Waals surface area contributed by atoms with Crippen molar-refractivity contribution < 1.29 is 23.1 Å². The van der Waals surface area contributed by atoms with Crippen LogP contribution in [0.3, 0.4) is 0 Å². The van der Waals surface area contributed by atoms with Gasteiger partial charge in [-0.1, -0.05) is 0 Å². The predicted molar refractivity (Wildman–Crippen MR) is 252 cm³/mol. The van der Waals surface area contributed by atoms with Gasteiger partial charge >= 0.3 is 352 Å². The van der Waals surface area contributed by atoms with Crippen molar-refractivity contribution in [2.75, 3.05) is 6.26 Å². The molecule has 5 aromatic rings. The van der Waals surface area contributed by atoms with E-state index in [4.69, 9.17) is 0 Å². The summed E-state index contributed by atoms with van der Waals surface area (Å²) in [5.74, 6) is 1.11. The molecule has 0 fully saturated rings. The van der Waals surface area contributed by atoms with Gasteiger partial charge in [-0.15, -0.1) is 0 Å². The molecule has 0 spiro atoms. The molecular weight excluding hydrogens is 756 g/mol. The van der Waals surface area contributed by atoms with Gasteiger partial charge in [0.25, 0.3) is 0 Å². The molecule has 0 heterocycles. The second kappa shape index (κ2) is 17.5. The fourth-order valence-corrected chi connectivity index (χ4v) is 11.5. The van der Waals surface area contributed by atoms with Gasteiger partial charge in [-0.3, -0.25) is 0 Å². The van der Waals surface area contributed by atoms with Crippen LogP contribution in [0.25, 0.3) is 32.7 Å². The summed E-state index contributed by atoms with van der Waals surface area (Å²) in [7, 11) is -9.76. The summed E-state index contributed by atoms with van der Waals surface area (Å²) in [4.78, 5) is 39.4. The van der Waals surface area contributed by atoms with Gasteiger partial charge in [0.1, 0.15) is 0 Å². The molecular formula is C51H71O5PS. The number of hydrogen-bond acceptors (Lipinski definition) is 5. The molecule has 6 unspecified atom stereocenters. The first-order valence-electron chi connectivity index (χ1n) is 22.0. The number of benzene rings is 5. The van der Waals surface area contributed by atoms with Crippen LogP contribution in [0.2, 0.25) is 0 Å². The third kappa shape index (κ3) is 8.70. The molecule has 0 aliphatic carbocycles. The third-order valence-corrected chi connectivity index (χ3v) is 17.5. The van der Waals surface area contributed by atoms with Gasteiger partial charge in [-0.25, -0.2) is 0 Å². The summed E-state index contributed by atoms with van der Waals surface area (Å²) in [6.45, 7) is 26.1. The van der Waals surface area contributed by atoms with Crippen molar-refractivity contribution in [2.45, 2.75) is 162 Å². The predicted octanol–water partition coefficient (Wildman–Crippen LogP) is 13.4. The minimum absolute atomic E-state index is 0.0460. The van der Waals surface area contributed by atoms with E-state index in [1.165, 1.54) is 35.1 Å². The molecule has 5 nitrogen and oxygen atoms in total. The van der Waals surface area contributed by atoms with E-state index < -0.39 is 17.1 Å². The number of sulfone groups is 1. The zero-order valence-corrected chi connectivity index (χ0v) is 39.3. The van der Waals surface area contributed by atoms with Crippen molar-refractivity contribution in [3.05, 3.63) is 100 Å². The quantitative estimate of drug-likeness (QED) is 0.0861. The molecule has 5 aromatic carbocycles. The van der Waals surface area contributed by atoms with E-state index in [0.717, 1.165) is 64.8 Å². The van der Waals surface area contributed by atoms with Crippen LogP contribution < -0.4 is 10.6 Å². The first-order valence-corrected chi connectivity index (χ1v) is 26.0. The molecule has 0 amide bonds. The third-order valence-electron chi connectivity index (χ3n) is 13.8. The first-order chi connectivity index (χ1) is 27.1. The van der Waals surface area contributed by atoms with E-state index in [1.54, 1.807) is 6.07 Å². The van der Waals surface area contributed by atoms with Crippen LogP contribution in [0.1, 0.15) is 190 Å². The maximum atomic E-state index is 13.3. The van der Waals surface area contributed by atoms with E-state index in [-0.39, 0.29) is 39.2 Å². The molecule has 0 aromatic heterocycles. The van der Waals surface area contributed by atoms with Gasteiger partial charge in [-0.05, 0) is 0 Å². The van der Waals surface area contributed by atoms with Crippen LogP contribution in [-0.4, -0.2) is 29.4 Å². The molecule has 0 saturated carbocycles. The minimum atomic E-state index is -6.04. The van der Waals surface area contributed by atoms with Crippen LogP contribution >= 0.6 is 7.28 Å². The van der Waals surface area contributed by atoms with Crippen molar-refractivity contribution in [2.24, 2.45) is 0 Å². The van der Waals surface area contributed by atoms with Crippen molar-refractivity contribution in [3.63, 3.8) is 0 Å². The number of hydrogen-bond donors (Lipinski definition) is 3. The average molecular weight is 827 g/mol. The van der Waals surface area contributed by atoms with Crippen LogP contribution in [0, 0.1) is 0 Å². The van der Waals surface area contributed by atoms with Gasteiger partial charge in [-0.2, -0.15) is 0 Å². The Kier molecular flexibility index (Phi) is 13.8. The topological polar surface area (TPSA) is 94.8 Å². The number of fused-ring (bicyclic) bond motifs is 2. The molecule has 0 bridgehead atoms. The molecule has 58 heavy (non-hydrogen) atoms. The molecule has 3 N–H and O–H groups in total. The summed E-state index contributed by atoms with van der Waals surface area (Å²) in [5, 5.41) is 4.15. The Balaban J connectivity index is 1.98. The summed E-state index contributed by atoms with van der Waals surface area (Å²) in [6, 6.07) is 21.8. The maximum absolute atomic E-state index is 13.3. The molecule has 7 heteroatoms. The molecule has 0 saturated heterocycles. The Hall–Kier alpha value is -3.12. The second-order valence-electron chi connectivity index (χ2n) is 17.8. The SMILES string of the molecule is CCC(C)c1cc(C(C)CC)c2cc(-c3cc(S(C)(=O)=O)ccc3P(O)(O)(O)c3cc4c(C(C)CC)cc(C(C)CC)cc4cc3C(C)CC)c(C(C)CC)cc2c1. The average Bonchev–Trinajstić information content (AvgIpc) is 3.21. The zero-order valence-electron chi connectivity index (χ0n) is 37.6. The fourth-order valence-electron chi connectivity index (χ4n) is 8.53. The van der Waals surface area contributed by atoms with Gasteiger partial charge < -0.3 is 0 Å². The van der Waals surface area contributed by atoms with Crippen molar-refractivity contribution >= 4 is 49.3 Å². The van der Waals surface area contributed by atoms with E-state index in [2.05, 4.69) is 126 Å². The first kappa shape index (κ1) is 46.0. The van der Waals surface area contributed by atoms with Gasteiger partial charge in [0.05, 0.1) is 0 Å².